The minimum absolute atomic E-state index is 0.116. The Labute approximate surface area is 154 Å². The first-order chi connectivity index (χ1) is 11.0. The first kappa shape index (κ1) is 16.3. The van der Waals surface area contributed by atoms with Crippen molar-refractivity contribution in [3.63, 3.8) is 0 Å². The summed E-state index contributed by atoms with van der Waals surface area (Å²) in [5.74, 6) is -0.120. The Hall–Kier alpha value is -1.57. The number of phenolic OH excluding ortho intramolecular Hbond substituents is 1. The number of aromatic hydroxyl groups is 1. The monoisotopic (exact) mass is 452 g/mol. The third-order valence-corrected chi connectivity index (χ3v) is 5.08. The van der Waals surface area contributed by atoms with Gasteiger partial charge in [0.15, 0.2) is 5.17 Å². The fraction of sp³-hybridized carbons (Fsp3) is 0. The molecule has 0 saturated carbocycles. The van der Waals surface area contributed by atoms with E-state index in [-0.39, 0.29) is 11.7 Å². The number of amidine groups is 1. The topological polar surface area (TPSA) is 61.7 Å². The lowest BCUT2D eigenvalue weighted by molar-refractivity contribution is -0.115. The molecule has 0 atom stereocenters. The summed E-state index contributed by atoms with van der Waals surface area (Å²) in [5, 5.41) is 13.1. The number of carbonyl (C=O) groups excluding carboxylic acids is 1. The first-order valence-corrected chi connectivity index (χ1v) is 8.96. The van der Waals surface area contributed by atoms with E-state index < -0.39 is 0 Å². The fourth-order valence-corrected chi connectivity index (χ4v) is 3.49. The van der Waals surface area contributed by atoms with E-state index in [0.29, 0.717) is 15.6 Å². The molecule has 0 spiro atoms. The molecule has 3 rings (SSSR count). The van der Waals surface area contributed by atoms with Gasteiger partial charge in [-0.25, -0.2) is 4.99 Å². The molecule has 0 radical (unpaired) electrons. The predicted molar refractivity (Wildman–Crippen MR) is 101 cm³/mol. The van der Waals surface area contributed by atoms with Crippen molar-refractivity contribution < 1.29 is 9.90 Å². The van der Waals surface area contributed by atoms with Crippen molar-refractivity contribution in [2.75, 3.05) is 0 Å². The minimum atomic E-state index is -0.236. The molecule has 116 valence electrons. The van der Waals surface area contributed by atoms with E-state index in [0.717, 1.165) is 14.6 Å². The predicted octanol–water partition coefficient (Wildman–Crippen LogP) is 4.81. The molecule has 0 unspecified atom stereocenters. The Kier molecular flexibility index (Phi) is 4.89. The third-order valence-electron chi connectivity index (χ3n) is 3.00. The van der Waals surface area contributed by atoms with Crippen LogP contribution >= 0.6 is 43.6 Å². The molecule has 4 nitrogen and oxygen atoms in total. The Morgan fingerprint density at radius 1 is 1.17 bits per heavy atom. The maximum Gasteiger partial charge on any atom is 0.264 e. The number of hydrogen-bond donors (Lipinski definition) is 2. The molecule has 0 aromatic heterocycles. The Morgan fingerprint density at radius 3 is 2.74 bits per heavy atom. The molecule has 7 heteroatoms. The van der Waals surface area contributed by atoms with Gasteiger partial charge in [0.2, 0.25) is 0 Å². The molecule has 2 aromatic rings. The van der Waals surface area contributed by atoms with Gasteiger partial charge in [-0.15, -0.1) is 0 Å². The van der Waals surface area contributed by atoms with E-state index in [1.165, 1.54) is 11.8 Å². The smallest absolute Gasteiger partial charge is 0.264 e. The molecule has 0 bridgehead atoms. The lowest BCUT2D eigenvalue weighted by Gasteiger charge is -2.00. The first-order valence-electron chi connectivity index (χ1n) is 6.55. The van der Waals surface area contributed by atoms with Gasteiger partial charge in [-0.1, -0.05) is 28.1 Å². The number of benzene rings is 2. The van der Waals surface area contributed by atoms with Gasteiger partial charge in [-0.05, 0) is 64.1 Å². The summed E-state index contributed by atoms with van der Waals surface area (Å²) in [5.41, 5.74) is 1.31. The van der Waals surface area contributed by atoms with Crippen LogP contribution in [0, 0.1) is 0 Å². The summed E-state index contributed by atoms with van der Waals surface area (Å²) < 4.78 is 1.68. The number of halogens is 2. The van der Waals surface area contributed by atoms with Crippen LogP contribution in [0.4, 0.5) is 5.69 Å². The van der Waals surface area contributed by atoms with Gasteiger partial charge in [0.25, 0.3) is 5.91 Å². The van der Waals surface area contributed by atoms with Crippen molar-refractivity contribution in [1.29, 1.82) is 0 Å². The summed E-state index contributed by atoms with van der Waals surface area (Å²) in [7, 11) is 0. The number of aliphatic imine (C=N–C) groups is 1. The van der Waals surface area contributed by atoms with Crippen LogP contribution in [0.1, 0.15) is 5.56 Å². The number of hydrogen-bond acceptors (Lipinski definition) is 4. The quantitative estimate of drug-likeness (QED) is 0.641. The number of rotatable bonds is 2. The second kappa shape index (κ2) is 6.90. The lowest BCUT2D eigenvalue weighted by atomic mass is 10.2. The van der Waals surface area contributed by atoms with E-state index in [4.69, 9.17) is 0 Å². The van der Waals surface area contributed by atoms with Gasteiger partial charge >= 0.3 is 0 Å². The van der Waals surface area contributed by atoms with Crippen LogP contribution in [0.3, 0.4) is 0 Å². The summed E-state index contributed by atoms with van der Waals surface area (Å²) in [6, 6.07) is 12.6. The van der Waals surface area contributed by atoms with E-state index in [1.54, 1.807) is 24.3 Å². The number of phenols is 1. The molecular formula is C16H10Br2N2O2S. The Balaban J connectivity index is 1.90. The van der Waals surface area contributed by atoms with Gasteiger partial charge < -0.3 is 10.4 Å². The van der Waals surface area contributed by atoms with Crippen molar-refractivity contribution in [2.45, 2.75) is 0 Å². The highest BCUT2D eigenvalue weighted by Gasteiger charge is 2.24. The van der Waals surface area contributed by atoms with Gasteiger partial charge in [0.1, 0.15) is 5.75 Å². The van der Waals surface area contributed by atoms with Crippen LogP contribution in [0.5, 0.6) is 5.75 Å². The zero-order valence-corrected chi connectivity index (χ0v) is 15.6. The van der Waals surface area contributed by atoms with Crippen molar-refractivity contribution in [3.8, 4) is 5.75 Å². The van der Waals surface area contributed by atoms with Crippen LogP contribution in [-0.4, -0.2) is 16.2 Å². The highest BCUT2D eigenvalue weighted by Crippen LogP contribution is 2.32. The zero-order chi connectivity index (χ0) is 16.4. The van der Waals surface area contributed by atoms with Crippen LogP contribution in [0.25, 0.3) is 6.08 Å². The summed E-state index contributed by atoms with van der Waals surface area (Å²) >= 11 is 8.01. The second-order valence-electron chi connectivity index (χ2n) is 4.64. The van der Waals surface area contributed by atoms with E-state index in [9.17, 15) is 9.90 Å². The summed E-state index contributed by atoms with van der Waals surface area (Å²) in [6.07, 6.45) is 1.64. The fourth-order valence-electron chi connectivity index (χ4n) is 1.91. The number of carbonyl (C=O) groups is 1. The summed E-state index contributed by atoms with van der Waals surface area (Å²) in [4.78, 5) is 17.0. The van der Waals surface area contributed by atoms with Crippen LogP contribution in [0.15, 0.2) is 61.3 Å². The molecule has 1 saturated heterocycles. The van der Waals surface area contributed by atoms with Crippen LogP contribution in [-0.2, 0) is 4.79 Å². The van der Waals surface area contributed by atoms with Crippen LogP contribution in [0.2, 0.25) is 0 Å². The van der Waals surface area contributed by atoms with E-state index in [1.807, 2.05) is 24.3 Å². The lowest BCUT2D eigenvalue weighted by Crippen LogP contribution is -2.19. The number of nitrogens with zero attached hydrogens (tertiary/aromatic N) is 1. The third kappa shape index (κ3) is 3.85. The van der Waals surface area contributed by atoms with E-state index >= 15 is 0 Å². The number of nitrogens with one attached hydrogen (secondary N) is 1. The maximum atomic E-state index is 12.1. The summed E-state index contributed by atoms with van der Waals surface area (Å²) in [6.45, 7) is 0. The maximum absolute atomic E-state index is 12.1. The van der Waals surface area contributed by atoms with E-state index in [2.05, 4.69) is 42.2 Å². The van der Waals surface area contributed by atoms with Gasteiger partial charge in [0, 0.05) is 14.5 Å². The second-order valence-corrected chi connectivity index (χ2v) is 7.44. The van der Waals surface area contributed by atoms with Gasteiger partial charge in [0.05, 0.1) is 10.6 Å². The minimum Gasteiger partial charge on any atom is -0.507 e. The van der Waals surface area contributed by atoms with Crippen molar-refractivity contribution in [3.05, 3.63) is 61.9 Å². The molecule has 1 amide bonds. The average Bonchev–Trinajstić information content (AvgIpc) is 2.85. The Morgan fingerprint density at radius 2 is 1.96 bits per heavy atom. The standard InChI is InChI=1S/C16H10Br2N2O2S/c17-10-5-6-13(21)9(7-10)8-14-15(22)20-16(23-14)19-12-4-2-1-3-11(12)18/h1-8,21H,(H,19,20,22)/b14-8+. The van der Waals surface area contributed by atoms with Gasteiger partial charge in [-0.3, -0.25) is 4.79 Å². The van der Waals surface area contributed by atoms with Gasteiger partial charge in [-0.2, -0.15) is 0 Å². The molecule has 23 heavy (non-hydrogen) atoms. The molecule has 0 aliphatic carbocycles. The molecule has 1 heterocycles. The number of para-hydroxylation sites is 1. The molecule has 1 fully saturated rings. The zero-order valence-electron chi connectivity index (χ0n) is 11.6. The largest absolute Gasteiger partial charge is 0.507 e. The van der Waals surface area contributed by atoms with Crippen molar-refractivity contribution in [2.24, 2.45) is 4.99 Å². The average molecular weight is 454 g/mol. The SMILES string of the molecule is O=C1NC(=Nc2ccccc2Br)S/C1=C/c1cc(Br)ccc1O. The molecule has 2 aromatic carbocycles. The molecule has 2 N–H and O–H groups in total. The van der Waals surface area contributed by atoms with Crippen molar-refractivity contribution in [1.82, 2.24) is 5.32 Å². The normalized spacial score (nSPS) is 17.7. The van der Waals surface area contributed by atoms with Crippen LogP contribution < -0.4 is 5.32 Å². The number of amides is 1. The van der Waals surface area contributed by atoms with Crippen molar-refractivity contribution >= 4 is 66.5 Å². The molecular weight excluding hydrogens is 444 g/mol. The number of thioether (sulfide) groups is 1. The molecule has 1 aliphatic rings. The Bertz CT molecular complexity index is 850. The molecule has 1 aliphatic heterocycles. The highest BCUT2D eigenvalue weighted by atomic mass is 79.9. The highest BCUT2D eigenvalue weighted by molar-refractivity contribution is 9.10.